The van der Waals surface area contributed by atoms with E-state index in [9.17, 15) is 8.42 Å². The summed E-state index contributed by atoms with van der Waals surface area (Å²) >= 11 is 0. The molecule has 5 heteroatoms. The van der Waals surface area contributed by atoms with Crippen LogP contribution in [0.4, 0.5) is 0 Å². The van der Waals surface area contributed by atoms with E-state index in [0.29, 0.717) is 29.7 Å². The normalized spacial score (nSPS) is 14.9. The molecule has 0 N–H and O–H groups in total. The van der Waals surface area contributed by atoms with Gasteiger partial charge in [0.1, 0.15) is 12.4 Å². The van der Waals surface area contributed by atoms with E-state index in [1.54, 1.807) is 31.3 Å². The first-order valence-corrected chi connectivity index (χ1v) is 9.23. The van der Waals surface area contributed by atoms with E-state index in [4.69, 9.17) is 4.74 Å². The lowest BCUT2D eigenvalue weighted by Crippen LogP contribution is -2.28. The predicted molar refractivity (Wildman–Crippen MR) is 89.8 cm³/mol. The molecule has 0 atom stereocenters. The summed E-state index contributed by atoms with van der Waals surface area (Å²) in [6.07, 6.45) is 2.26. The average Bonchev–Trinajstić information content (AvgIpc) is 3.38. The van der Waals surface area contributed by atoms with E-state index < -0.39 is 10.0 Å². The summed E-state index contributed by atoms with van der Waals surface area (Å²) < 4.78 is 32.1. The van der Waals surface area contributed by atoms with E-state index in [1.807, 2.05) is 30.3 Å². The van der Waals surface area contributed by atoms with Crippen LogP contribution in [0, 0.1) is 5.92 Å². The van der Waals surface area contributed by atoms with E-state index in [1.165, 1.54) is 4.31 Å². The van der Waals surface area contributed by atoms with Crippen molar-refractivity contribution in [1.29, 1.82) is 0 Å². The number of ether oxygens (including phenoxy) is 1. The molecule has 0 amide bonds. The third-order valence-corrected chi connectivity index (χ3v) is 5.83. The lowest BCUT2D eigenvalue weighted by molar-refractivity contribution is 0.306. The molecule has 0 bridgehead atoms. The third-order valence-electron chi connectivity index (χ3n) is 3.99. The molecule has 0 unspecified atom stereocenters. The van der Waals surface area contributed by atoms with E-state index in [0.717, 1.165) is 18.4 Å². The summed E-state index contributed by atoms with van der Waals surface area (Å²) in [7, 11) is -1.75. The quantitative estimate of drug-likeness (QED) is 0.782. The Morgan fingerprint density at radius 3 is 2.30 bits per heavy atom. The molecule has 1 aliphatic rings. The van der Waals surface area contributed by atoms with Crippen LogP contribution in [0.3, 0.4) is 0 Å². The van der Waals surface area contributed by atoms with Gasteiger partial charge in [0.05, 0.1) is 4.90 Å². The molecule has 122 valence electrons. The van der Waals surface area contributed by atoms with E-state index >= 15 is 0 Å². The molecule has 0 radical (unpaired) electrons. The van der Waals surface area contributed by atoms with E-state index in [2.05, 4.69) is 0 Å². The lowest BCUT2D eigenvalue weighted by atomic mass is 10.2. The van der Waals surface area contributed by atoms with Crippen LogP contribution in [0.15, 0.2) is 59.5 Å². The maximum absolute atomic E-state index is 12.5. The maximum atomic E-state index is 12.5. The van der Waals surface area contributed by atoms with Crippen molar-refractivity contribution in [3.8, 4) is 5.75 Å². The fourth-order valence-corrected chi connectivity index (χ4v) is 3.64. The molecule has 4 nitrogen and oxygen atoms in total. The largest absolute Gasteiger partial charge is 0.489 e. The fraction of sp³-hybridized carbons (Fsp3) is 0.333. The van der Waals surface area contributed by atoms with Gasteiger partial charge in [0.2, 0.25) is 10.0 Å². The zero-order valence-electron chi connectivity index (χ0n) is 13.2. The van der Waals surface area contributed by atoms with Gasteiger partial charge in [0, 0.05) is 13.6 Å². The van der Waals surface area contributed by atoms with Crippen molar-refractivity contribution in [2.75, 3.05) is 13.6 Å². The molecular weight excluding hydrogens is 310 g/mol. The summed E-state index contributed by atoms with van der Waals surface area (Å²) in [5, 5.41) is 0. The minimum absolute atomic E-state index is 0.313. The number of nitrogens with zero attached hydrogens (tertiary/aromatic N) is 1. The van der Waals surface area contributed by atoms with Gasteiger partial charge >= 0.3 is 0 Å². The van der Waals surface area contributed by atoms with Crippen molar-refractivity contribution >= 4 is 10.0 Å². The molecule has 1 aliphatic carbocycles. The van der Waals surface area contributed by atoms with Gasteiger partial charge in [-0.1, -0.05) is 30.3 Å². The van der Waals surface area contributed by atoms with Gasteiger partial charge in [-0.2, -0.15) is 0 Å². The summed E-state index contributed by atoms with van der Waals surface area (Å²) in [5.74, 6) is 1.20. The SMILES string of the molecule is CN(CC1CC1)S(=O)(=O)c1ccc(OCc2ccccc2)cc1. The summed E-state index contributed by atoms with van der Waals surface area (Å²) in [6.45, 7) is 1.07. The van der Waals surface area contributed by atoms with Gasteiger partial charge in [-0.25, -0.2) is 12.7 Å². The van der Waals surface area contributed by atoms with Crippen LogP contribution in [-0.4, -0.2) is 26.3 Å². The molecule has 0 aliphatic heterocycles. The van der Waals surface area contributed by atoms with Gasteiger partial charge < -0.3 is 4.74 Å². The Morgan fingerprint density at radius 2 is 1.70 bits per heavy atom. The fourth-order valence-electron chi connectivity index (χ4n) is 2.39. The molecule has 0 heterocycles. The minimum atomic E-state index is -3.40. The Morgan fingerprint density at radius 1 is 1.04 bits per heavy atom. The first-order chi connectivity index (χ1) is 11.1. The van der Waals surface area contributed by atoms with E-state index in [-0.39, 0.29) is 0 Å². The summed E-state index contributed by atoms with van der Waals surface area (Å²) in [4.78, 5) is 0.313. The lowest BCUT2D eigenvalue weighted by Gasteiger charge is -2.17. The van der Waals surface area contributed by atoms with Crippen molar-refractivity contribution in [2.45, 2.75) is 24.3 Å². The molecule has 1 saturated carbocycles. The second-order valence-electron chi connectivity index (χ2n) is 5.97. The Kier molecular flexibility index (Phi) is 4.68. The van der Waals surface area contributed by atoms with Crippen molar-refractivity contribution in [1.82, 2.24) is 4.31 Å². The molecule has 0 spiro atoms. The molecule has 2 aromatic carbocycles. The molecule has 23 heavy (non-hydrogen) atoms. The summed E-state index contributed by atoms with van der Waals surface area (Å²) in [6, 6.07) is 16.5. The zero-order chi connectivity index (χ0) is 16.3. The molecule has 2 aromatic rings. The number of sulfonamides is 1. The van der Waals surface area contributed by atoms with Gasteiger partial charge in [-0.05, 0) is 48.6 Å². The first kappa shape index (κ1) is 16.0. The number of rotatable bonds is 7. The van der Waals surface area contributed by atoms with Crippen molar-refractivity contribution in [3.05, 3.63) is 60.2 Å². The van der Waals surface area contributed by atoms with Crippen LogP contribution in [0.25, 0.3) is 0 Å². The first-order valence-electron chi connectivity index (χ1n) is 7.79. The van der Waals surface area contributed by atoms with Gasteiger partial charge in [-0.3, -0.25) is 0 Å². The van der Waals surface area contributed by atoms with Gasteiger partial charge in [0.25, 0.3) is 0 Å². The van der Waals surface area contributed by atoms with Crippen LogP contribution in [0.2, 0.25) is 0 Å². The van der Waals surface area contributed by atoms with Gasteiger partial charge in [0.15, 0.2) is 0 Å². The van der Waals surface area contributed by atoms with Crippen molar-refractivity contribution < 1.29 is 13.2 Å². The monoisotopic (exact) mass is 331 g/mol. The Bertz CT molecular complexity index is 738. The topological polar surface area (TPSA) is 46.6 Å². The second kappa shape index (κ2) is 6.72. The van der Waals surface area contributed by atoms with Crippen molar-refractivity contribution in [2.24, 2.45) is 5.92 Å². The zero-order valence-corrected chi connectivity index (χ0v) is 14.0. The third kappa shape index (κ3) is 4.12. The van der Waals surface area contributed by atoms with Crippen molar-refractivity contribution in [3.63, 3.8) is 0 Å². The smallest absolute Gasteiger partial charge is 0.242 e. The molecule has 3 rings (SSSR count). The highest BCUT2D eigenvalue weighted by atomic mass is 32.2. The predicted octanol–water partition coefficient (Wildman–Crippen LogP) is 3.30. The summed E-state index contributed by atoms with van der Waals surface area (Å²) in [5.41, 5.74) is 1.08. The Hall–Kier alpha value is -1.85. The minimum Gasteiger partial charge on any atom is -0.489 e. The van der Waals surface area contributed by atoms with Crippen LogP contribution in [0.5, 0.6) is 5.75 Å². The highest BCUT2D eigenvalue weighted by Gasteiger charge is 2.29. The highest BCUT2D eigenvalue weighted by Crippen LogP contribution is 2.31. The Labute approximate surface area is 137 Å². The second-order valence-corrected chi connectivity index (χ2v) is 8.02. The number of hydrogen-bond donors (Lipinski definition) is 0. The van der Waals surface area contributed by atoms with Crippen LogP contribution in [0.1, 0.15) is 18.4 Å². The molecular formula is C18H21NO3S. The highest BCUT2D eigenvalue weighted by molar-refractivity contribution is 7.89. The molecule has 1 fully saturated rings. The van der Waals surface area contributed by atoms with Crippen LogP contribution in [-0.2, 0) is 16.6 Å². The number of benzene rings is 2. The average molecular weight is 331 g/mol. The molecule has 0 aromatic heterocycles. The number of hydrogen-bond acceptors (Lipinski definition) is 3. The van der Waals surface area contributed by atoms with Crippen LogP contribution >= 0.6 is 0 Å². The standard InChI is InChI=1S/C18H21NO3S/c1-19(13-15-7-8-15)23(20,21)18-11-9-17(10-12-18)22-14-16-5-3-2-4-6-16/h2-6,9-12,15H,7-8,13-14H2,1H3. The Balaban J connectivity index is 1.64. The molecule has 0 saturated heterocycles. The van der Waals surface area contributed by atoms with Crippen LogP contribution < -0.4 is 4.74 Å². The van der Waals surface area contributed by atoms with Gasteiger partial charge in [-0.15, -0.1) is 0 Å². The maximum Gasteiger partial charge on any atom is 0.242 e.